The molecule has 34 heavy (non-hydrogen) atoms. The van der Waals surface area contributed by atoms with Crippen molar-refractivity contribution < 1.29 is 17.9 Å². The number of ether oxygens (including phenoxy) is 1. The largest absolute Gasteiger partial charge is 0.379 e. The minimum atomic E-state index is -3.69. The number of benzene rings is 2. The van der Waals surface area contributed by atoms with E-state index in [-0.39, 0.29) is 10.8 Å². The summed E-state index contributed by atoms with van der Waals surface area (Å²) in [6.45, 7) is 8.76. The molecule has 7 nitrogen and oxygen atoms in total. The predicted octanol–water partition coefficient (Wildman–Crippen LogP) is 3.36. The summed E-state index contributed by atoms with van der Waals surface area (Å²) in [6, 6.07) is 12.7. The summed E-state index contributed by atoms with van der Waals surface area (Å²) in [4.78, 5) is 15.8. The summed E-state index contributed by atoms with van der Waals surface area (Å²) < 4.78 is 33.9. The Balaban J connectivity index is 1.37. The Bertz CT molecular complexity index is 1110. The molecule has 1 saturated heterocycles. The van der Waals surface area contributed by atoms with Gasteiger partial charge in [-0.15, -0.1) is 0 Å². The Morgan fingerprint density at radius 3 is 2.41 bits per heavy atom. The lowest BCUT2D eigenvalue weighted by atomic mass is 9.64. The van der Waals surface area contributed by atoms with E-state index >= 15 is 0 Å². The third-order valence-electron chi connectivity index (χ3n) is 7.00. The van der Waals surface area contributed by atoms with Gasteiger partial charge in [0.1, 0.15) is 0 Å². The number of nitrogens with one attached hydrogen (secondary N) is 2. The molecule has 2 N–H and O–H groups in total. The fourth-order valence-electron chi connectivity index (χ4n) is 4.74. The summed E-state index contributed by atoms with van der Waals surface area (Å²) in [5, 5.41) is 3.14. The SMILES string of the molecule is Cc1ccc(C)c(S(=O)(=O)Nc2ccc(C3(C(=O)NCCCN4CCOCC4)CCC3)cc2)c1. The number of carbonyl (C=O) groups excluding carboxylic acids is 1. The molecule has 4 rings (SSSR count). The van der Waals surface area contributed by atoms with Crippen LogP contribution >= 0.6 is 0 Å². The summed E-state index contributed by atoms with van der Waals surface area (Å²) >= 11 is 0. The summed E-state index contributed by atoms with van der Waals surface area (Å²) in [7, 11) is -3.69. The molecule has 1 aliphatic heterocycles. The zero-order valence-electron chi connectivity index (χ0n) is 20.1. The molecule has 0 bridgehead atoms. The second-order valence-corrected chi connectivity index (χ2v) is 11.1. The highest BCUT2D eigenvalue weighted by atomic mass is 32.2. The topological polar surface area (TPSA) is 87.7 Å². The van der Waals surface area contributed by atoms with Gasteiger partial charge in [0.25, 0.3) is 10.0 Å². The van der Waals surface area contributed by atoms with Gasteiger partial charge < -0.3 is 10.1 Å². The van der Waals surface area contributed by atoms with Crippen molar-refractivity contribution in [2.75, 3.05) is 44.1 Å². The number of sulfonamides is 1. The van der Waals surface area contributed by atoms with Crippen LogP contribution in [0.25, 0.3) is 0 Å². The molecular weight excluding hydrogens is 450 g/mol. The third kappa shape index (κ3) is 5.45. The molecule has 0 aromatic heterocycles. The molecule has 2 aromatic carbocycles. The van der Waals surface area contributed by atoms with Crippen molar-refractivity contribution >= 4 is 21.6 Å². The van der Waals surface area contributed by atoms with E-state index in [1.807, 2.05) is 31.2 Å². The molecule has 0 spiro atoms. The third-order valence-corrected chi connectivity index (χ3v) is 8.53. The van der Waals surface area contributed by atoms with Crippen LogP contribution in [0, 0.1) is 13.8 Å². The maximum atomic E-state index is 13.1. The minimum absolute atomic E-state index is 0.0736. The van der Waals surface area contributed by atoms with Crippen LogP contribution in [0.2, 0.25) is 0 Å². The van der Waals surface area contributed by atoms with Crippen molar-refractivity contribution in [1.82, 2.24) is 10.2 Å². The molecular formula is C26H35N3O4S. The highest BCUT2D eigenvalue weighted by molar-refractivity contribution is 7.92. The van der Waals surface area contributed by atoms with Gasteiger partial charge in [-0.25, -0.2) is 8.42 Å². The second kappa shape index (κ2) is 10.5. The monoisotopic (exact) mass is 485 g/mol. The van der Waals surface area contributed by atoms with Gasteiger partial charge in [-0.1, -0.05) is 30.7 Å². The van der Waals surface area contributed by atoms with Crippen molar-refractivity contribution in [2.24, 2.45) is 0 Å². The average Bonchev–Trinajstić information content (AvgIpc) is 2.79. The lowest BCUT2D eigenvalue weighted by molar-refractivity contribution is -0.129. The van der Waals surface area contributed by atoms with Crippen molar-refractivity contribution in [3.8, 4) is 0 Å². The standard InChI is InChI=1S/C26H35N3O4S/c1-20-5-6-21(2)24(19-20)34(31,32)28-23-9-7-22(8-10-23)26(11-3-12-26)25(30)27-13-4-14-29-15-17-33-18-16-29/h5-10,19,28H,3-4,11-18H2,1-2H3,(H,27,30). The molecule has 8 heteroatoms. The predicted molar refractivity (Wildman–Crippen MR) is 134 cm³/mol. The summed E-state index contributed by atoms with van der Waals surface area (Å²) in [5.74, 6) is 0.0736. The van der Waals surface area contributed by atoms with Crippen molar-refractivity contribution in [2.45, 2.75) is 49.8 Å². The van der Waals surface area contributed by atoms with Crippen LogP contribution in [0.1, 0.15) is 42.4 Å². The molecule has 1 aliphatic carbocycles. The number of nitrogens with zero attached hydrogens (tertiary/aromatic N) is 1. The summed E-state index contributed by atoms with van der Waals surface area (Å²) in [6.07, 6.45) is 3.56. The van der Waals surface area contributed by atoms with Crippen molar-refractivity contribution in [3.05, 3.63) is 59.2 Å². The molecule has 2 fully saturated rings. The Labute approximate surface area is 202 Å². The lowest BCUT2D eigenvalue weighted by Gasteiger charge is -2.41. The maximum Gasteiger partial charge on any atom is 0.262 e. The maximum absolute atomic E-state index is 13.1. The highest BCUT2D eigenvalue weighted by Crippen LogP contribution is 2.44. The van der Waals surface area contributed by atoms with E-state index < -0.39 is 15.4 Å². The number of aryl methyl sites for hydroxylation is 2. The van der Waals surface area contributed by atoms with E-state index in [0.29, 0.717) is 17.8 Å². The number of carbonyl (C=O) groups is 1. The van der Waals surface area contributed by atoms with Gasteiger partial charge in [0.2, 0.25) is 5.91 Å². The molecule has 0 radical (unpaired) electrons. The van der Waals surface area contributed by atoms with Gasteiger partial charge in [0.15, 0.2) is 0 Å². The van der Waals surface area contributed by atoms with E-state index in [9.17, 15) is 13.2 Å². The van der Waals surface area contributed by atoms with Crippen LogP contribution in [0.15, 0.2) is 47.4 Å². The van der Waals surface area contributed by atoms with E-state index in [2.05, 4.69) is 14.9 Å². The normalized spacial score (nSPS) is 18.2. The molecule has 184 valence electrons. The van der Waals surface area contributed by atoms with Crippen LogP contribution in [0.4, 0.5) is 5.69 Å². The van der Waals surface area contributed by atoms with Crippen LogP contribution in [-0.4, -0.2) is 58.6 Å². The first-order valence-electron chi connectivity index (χ1n) is 12.1. The Hall–Kier alpha value is -2.42. The number of amides is 1. The number of hydrogen-bond acceptors (Lipinski definition) is 5. The van der Waals surface area contributed by atoms with Gasteiger partial charge in [-0.2, -0.15) is 0 Å². The zero-order valence-corrected chi connectivity index (χ0v) is 20.9. The number of rotatable bonds is 9. The fraction of sp³-hybridized carbons (Fsp3) is 0.500. The first-order valence-corrected chi connectivity index (χ1v) is 13.6. The van der Waals surface area contributed by atoms with Crippen LogP contribution in [0.5, 0.6) is 0 Å². The van der Waals surface area contributed by atoms with Gasteiger partial charge >= 0.3 is 0 Å². The molecule has 1 saturated carbocycles. The molecule has 1 heterocycles. The molecule has 0 atom stereocenters. The van der Waals surface area contributed by atoms with Crippen LogP contribution < -0.4 is 10.0 Å². The molecule has 0 unspecified atom stereocenters. The van der Waals surface area contributed by atoms with Crippen molar-refractivity contribution in [3.63, 3.8) is 0 Å². The zero-order chi connectivity index (χ0) is 24.2. The first kappa shape index (κ1) is 24.7. The van der Waals surface area contributed by atoms with Crippen LogP contribution in [0.3, 0.4) is 0 Å². The van der Waals surface area contributed by atoms with Crippen molar-refractivity contribution in [1.29, 1.82) is 0 Å². The van der Waals surface area contributed by atoms with E-state index in [1.165, 1.54) is 0 Å². The minimum Gasteiger partial charge on any atom is -0.379 e. The van der Waals surface area contributed by atoms with E-state index in [0.717, 1.165) is 69.7 Å². The van der Waals surface area contributed by atoms with Gasteiger partial charge in [-0.3, -0.25) is 14.4 Å². The van der Waals surface area contributed by atoms with Gasteiger partial charge in [0, 0.05) is 25.3 Å². The van der Waals surface area contributed by atoms with Crippen LogP contribution in [-0.2, 0) is 25.0 Å². The first-order chi connectivity index (χ1) is 16.3. The van der Waals surface area contributed by atoms with Gasteiger partial charge in [0.05, 0.1) is 23.5 Å². The smallest absolute Gasteiger partial charge is 0.262 e. The second-order valence-electron chi connectivity index (χ2n) is 9.45. The van der Waals surface area contributed by atoms with E-state index in [4.69, 9.17) is 4.74 Å². The highest BCUT2D eigenvalue weighted by Gasteiger charge is 2.45. The fourth-order valence-corrected chi connectivity index (χ4v) is 6.13. The summed E-state index contributed by atoms with van der Waals surface area (Å²) in [5.41, 5.74) is 2.52. The molecule has 2 aromatic rings. The lowest BCUT2D eigenvalue weighted by Crippen LogP contribution is -2.49. The molecule has 1 amide bonds. The number of hydrogen-bond donors (Lipinski definition) is 2. The Morgan fingerprint density at radius 1 is 1.06 bits per heavy atom. The quantitative estimate of drug-likeness (QED) is 0.532. The Kier molecular flexibility index (Phi) is 7.60. The Morgan fingerprint density at radius 2 is 1.76 bits per heavy atom. The average molecular weight is 486 g/mol. The number of anilines is 1. The molecule has 2 aliphatic rings. The number of morpholine rings is 1. The van der Waals surface area contributed by atoms with E-state index in [1.54, 1.807) is 25.1 Å². The van der Waals surface area contributed by atoms with Gasteiger partial charge in [-0.05, 0) is 74.5 Å².